The second-order valence-electron chi connectivity index (χ2n) is 9.45. The third-order valence-electron chi connectivity index (χ3n) is 5.67. The molecule has 3 heterocycles. The van der Waals surface area contributed by atoms with Crippen molar-refractivity contribution in [3.8, 4) is 0 Å². The molecule has 0 radical (unpaired) electrons. The molecule has 1 atom stereocenters. The van der Waals surface area contributed by atoms with Gasteiger partial charge in [-0.2, -0.15) is 13.2 Å². The van der Waals surface area contributed by atoms with E-state index in [9.17, 15) is 18.0 Å². The molecule has 1 aromatic carbocycles. The minimum absolute atomic E-state index is 0.00588. The topological polar surface area (TPSA) is 75.9 Å². The molecule has 7 nitrogen and oxygen atoms in total. The molecule has 0 saturated carbocycles. The highest BCUT2D eigenvalue weighted by molar-refractivity contribution is 5.84. The van der Waals surface area contributed by atoms with Crippen molar-refractivity contribution in [3.63, 3.8) is 0 Å². The summed E-state index contributed by atoms with van der Waals surface area (Å²) in [4.78, 5) is 27.5. The maximum absolute atomic E-state index is 13.5. The second kappa shape index (κ2) is 8.31. The van der Waals surface area contributed by atoms with E-state index in [4.69, 9.17) is 9.97 Å². The molecule has 1 aliphatic heterocycles. The van der Waals surface area contributed by atoms with E-state index in [0.29, 0.717) is 35.9 Å². The van der Waals surface area contributed by atoms with Gasteiger partial charge >= 0.3 is 6.18 Å². The molecule has 2 aromatic heterocycles. The summed E-state index contributed by atoms with van der Waals surface area (Å²) in [6.45, 7) is 8.71. The highest BCUT2D eigenvalue weighted by Gasteiger charge is 2.33. The number of aromatic nitrogens is 4. The number of hydrogen-bond acceptors (Lipinski definition) is 5. The minimum Gasteiger partial charge on any atom is -0.353 e. The number of amides is 1. The van der Waals surface area contributed by atoms with Crippen LogP contribution < -0.4 is 10.2 Å². The Hall–Kier alpha value is -3.17. The molecular formula is C23H27F3N6O. The predicted molar refractivity (Wildman–Crippen MR) is 119 cm³/mol. The van der Waals surface area contributed by atoms with Crippen molar-refractivity contribution in [3.05, 3.63) is 47.5 Å². The number of carbonyl (C=O) groups excluding carboxylic acids is 1. The molecule has 4 rings (SSSR count). The zero-order chi connectivity index (χ0) is 24.0. The van der Waals surface area contributed by atoms with Crippen molar-refractivity contribution in [2.24, 2.45) is 0 Å². The van der Waals surface area contributed by atoms with Crippen LogP contribution in [0.25, 0.3) is 11.2 Å². The third-order valence-corrected chi connectivity index (χ3v) is 5.67. The Morgan fingerprint density at radius 1 is 1.18 bits per heavy atom. The van der Waals surface area contributed by atoms with Gasteiger partial charge in [0.15, 0.2) is 17.0 Å². The summed E-state index contributed by atoms with van der Waals surface area (Å²) < 4.78 is 42.2. The first-order valence-electron chi connectivity index (χ1n) is 10.8. The number of benzene rings is 1. The van der Waals surface area contributed by atoms with Crippen LogP contribution in [0.4, 0.5) is 19.0 Å². The molecular weight excluding hydrogens is 433 g/mol. The van der Waals surface area contributed by atoms with Crippen LogP contribution in [-0.2, 0) is 22.9 Å². The Balaban J connectivity index is 1.77. The lowest BCUT2D eigenvalue weighted by molar-refractivity contribution is -0.138. The number of alkyl halides is 3. The van der Waals surface area contributed by atoms with Gasteiger partial charge in [-0.05, 0) is 18.1 Å². The molecule has 1 aliphatic rings. The number of nitrogens with one attached hydrogen (secondary N) is 1. The van der Waals surface area contributed by atoms with Crippen molar-refractivity contribution < 1.29 is 18.0 Å². The summed E-state index contributed by atoms with van der Waals surface area (Å²) in [6, 6.07) is 5.54. The number of hydrogen-bond donors (Lipinski definition) is 1. The van der Waals surface area contributed by atoms with Crippen LogP contribution in [0.1, 0.15) is 51.1 Å². The Morgan fingerprint density at radius 2 is 1.91 bits per heavy atom. The van der Waals surface area contributed by atoms with Gasteiger partial charge in [-0.3, -0.25) is 4.79 Å². The fraction of sp³-hybridized carbons (Fsp3) is 0.478. The number of imidazole rings is 1. The first-order valence-corrected chi connectivity index (χ1v) is 10.8. The van der Waals surface area contributed by atoms with Gasteiger partial charge in [0.2, 0.25) is 5.91 Å². The van der Waals surface area contributed by atoms with Gasteiger partial charge in [0, 0.05) is 31.5 Å². The van der Waals surface area contributed by atoms with E-state index >= 15 is 0 Å². The molecule has 0 aliphatic carbocycles. The third kappa shape index (κ3) is 4.79. The standard InChI is InChI=1S/C23H27F3N6O/c1-14(33)28-16-9-10-31(12-16)19-18-20(30-21(29-19)22(2,3)4)32(13-27-18)11-15-7-5-6-8-17(15)23(24,25)26/h5-8,13,16H,9-12H2,1-4H3,(H,28,33). The van der Waals surface area contributed by atoms with Gasteiger partial charge < -0.3 is 14.8 Å². The van der Waals surface area contributed by atoms with E-state index < -0.39 is 11.7 Å². The van der Waals surface area contributed by atoms with Gasteiger partial charge in [0.05, 0.1) is 18.4 Å². The quantitative estimate of drug-likeness (QED) is 0.639. The van der Waals surface area contributed by atoms with Gasteiger partial charge in [0.25, 0.3) is 0 Å². The number of halogens is 3. The maximum Gasteiger partial charge on any atom is 0.416 e. The maximum atomic E-state index is 13.5. The van der Waals surface area contributed by atoms with Crippen LogP contribution in [0.5, 0.6) is 0 Å². The predicted octanol–water partition coefficient (Wildman–Crippen LogP) is 3.91. The van der Waals surface area contributed by atoms with E-state index in [0.717, 1.165) is 12.5 Å². The molecule has 33 heavy (non-hydrogen) atoms. The van der Waals surface area contributed by atoms with Crippen molar-refractivity contribution in [1.29, 1.82) is 0 Å². The highest BCUT2D eigenvalue weighted by atomic mass is 19.4. The molecule has 10 heteroatoms. The average molecular weight is 461 g/mol. The fourth-order valence-corrected chi connectivity index (χ4v) is 4.08. The van der Waals surface area contributed by atoms with Crippen molar-refractivity contribution in [2.45, 2.75) is 58.3 Å². The number of anilines is 1. The summed E-state index contributed by atoms with van der Waals surface area (Å²) in [6.07, 6.45) is -2.16. The average Bonchev–Trinajstić information content (AvgIpc) is 3.33. The normalized spacial score (nSPS) is 17.1. The summed E-state index contributed by atoms with van der Waals surface area (Å²) >= 11 is 0. The van der Waals surface area contributed by atoms with Gasteiger partial charge in [-0.15, -0.1) is 0 Å². The van der Waals surface area contributed by atoms with E-state index in [-0.39, 0.29) is 29.5 Å². The summed E-state index contributed by atoms with van der Waals surface area (Å²) in [5.41, 5.74) is 0.128. The molecule has 176 valence electrons. The van der Waals surface area contributed by atoms with Gasteiger partial charge in [-0.25, -0.2) is 15.0 Å². The Kier molecular flexibility index (Phi) is 5.79. The molecule has 1 unspecified atom stereocenters. The Morgan fingerprint density at radius 3 is 2.58 bits per heavy atom. The lowest BCUT2D eigenvalue weighted by atomic mass is 9.96. The van der Waals surface area contributed by atoms with Crippen LogP contribution >= 0.6 is 0 Å². The summed E-state index contributed by atoms with van der Waals surface area (Å²) in [7, 11) is 0. The van der Waals surface area contributed by atoms with Crippen molar-refractivity contribution in [1.82, 2.24) is 24.8 Å². The number of nitrogens with zero attached hydrogens (tertiary/aromatic N) is 5. The second-order valence-corrected chi connectivity index (χ2v) is 9.45. The Labute approximate surface area is 190 Å². The van der Waals surface area contributed by atoms with Gasteiger partial charge in [-0.1, -0.05) is 39.0 Å². The SMILES string of the molecule is CC(=O)NC1CCN(c2nc(C(C)(C)C)nc3c2ncn3Cc2ccccc2C(F)(F)F)C1. The smallest absolute Gasteiger partial charge is 0.353 e. The lowest BCUT2D eigenvalue weighted by Gasteiger charge is -2.22. The summed E-state index contributed by atoms with van der Waals surface area (Å²) in [5.74, 6) is 1.14. The molecule has 1 saturated heterocycles. The van der Waals surface area contributed by atoms with Gasteiger partial charge in [0.1, 0.15) is 5.82 Å². The molecule has 1 N–H and O–H groups in total. The van der Waals surface area contributed by atoms with Crippen LogP contribution in [0.2, 0.25) is 0 Å². The van der Waals surface area contributed by atoms with Crippen LogP contribution in [0.15, 0.2) is 30.6 Å². The first-order chi connectivity index (χ1) is 15.4. The molecule has 0 bridgehead atoms. The van der Waals surface area contributed by atoms with Crippen molar-refractivity contribution in [2.75, 3.05) is 18.0 Å². The molecule has 1 fully saturated rings. The number of carbonyl (C=O) groups is 1. The monoisotopic (exact) mass is 460 g/mol. The first kappa shape index (κ1) is 23.0. The number of rotatable bonds is 4. The zero-order valence-electron chi connectivity index (χ0n) is 19.1. The Bertz CT molecular complexity index is 1180. The summed E-state index contributed by atoms with van der Waals surface area (Å²) in [5, 5.41) is 2.94. The zero-order valence-corrected chi connectivity index (χ0v) is 19.1. The van der Waals surface area contributed by atoms with E-state index in [1.807, 2.05) is 20.8 Å². The highest BCUT2D eigenvalue weighted by Crippen LogP contribution is 2.34. The number of fused-ring (bicyclic) bond motifs is 1. The van der Waals surface area contributed by atoms with Crippen LogP contribution in [-0.4, -0.2) is 44.6 Å². The minimum atomic E-state index is -4.45. The van der Waals surface area contributed by atoms with E-state index in [1.165, 1.54) is 25.4 Å². The lowest BCUT2D eigenvalue weighted by Crippen LogP contribution is -2.36. The van der Waals surface area contributed by atoms with Crippen LogP contribution in [0.3, 0.4) is 0 Å². The van der Waals surface area contributed by atoms with E-state index in [1.54, 1.807) is 10.6 Å². The largest absolute Gasteiger partial charge is 0.416 e. The molecule has 1 amide bonds. The fourth-order valence-electron chi connectivity index (χ4n) is 4.08. The molecule has 0 spiro atoms. The van der Waals surface area contributed by atoms with E-state index in [2.05, 4.69) is 15.2 Å². The van der Waals surface area contributed by atoms with Crippen LogP contribution in [0, 0.1) is 0 Å². The van der Waals surface area contributed by atoms with Crippen molar-refractivity contribution >= 4 is 22.9 Å². The molecule has 3 aromatic rings.